The Morgan fingerprint density at radius 3 is 2.05 bits per heavy atom. The molecule has 1 N–H and O–H groups in total. The van der Waals surface area contributed by atoms with E-state index in [0.29, 0.717) is 0 Å². The first kappa shape index (κ1) is 15.5. The molecule has 116 valence electrons. The third kappa shape index (κ3) is 3.50. The summed E-state index contributed by atoms with van der Waals surface area (Å²) in [4.78, 5) is 4.55. The van der Waals surface area contributed by atoms with Gasteiger partial charge in [0.25, 0.3) is 0 Å². The number of rotatable bonds is 4. The summed E-state index contributed by atoms with van der Waals surface area (Å²) in [6.07, 6.45) is 0. The smallest absolute Gasteiger partial charge is 0.0957 e. The predicted octanol–water partition coefficient (Wildman–Crippen LogP) is 3.00. The first-order chi connectivity index (χ1) is 10.8. The molecule has 0 saturated carbocycles. The van der Waals surface area contributed by atoms with Gasteiger partial charge in [0.2, 0.25) is 0 Å². The second-order valence-electron chi connectivity index (χ2n) is 5.66. The van der Waals surface area contributed by atoms with E-state index in [-0.39, 0.29) is 12.8 Å². The van der Waals surface area contributed by atoms with Crippen molar-refractivity contribution in [1.82, 2.24) is 9.80 Å². The Balaban J connectivity index is 1.88. The number of nitrogens with zero attached hydrogens (tertiary/aromatic N) is 2. The highest BCUT2D eigenvalue weighted by Gasteiger charge is 2.25. The molecule has 1 aliphatic heterocycles. The van der Waals surface area contributed by atoms with Crippen molar-refractivity contribution in [1.29, 1.82) is 0 Å². The highest BCUT2D eigenvalue weighted by Crippen LogP contribution is 2.30. The summed E-state index contributed by atoms with van der Waals surface area (Å²) in [5, 5.41) is 10.0. The first-order valence-electron chi connectivity index (χ1n) is 7.65. The minimum absolute atomic E-state index is 0.144. The standard InChI is InChI=1S/C18H21ClN2O/c19-17-8-6-16(7-9-17)18(15-4-2-1-3-5-15)21-12-10-20(14-22)11-13-21/h1-9,18,22H,10-14H2. The van der Waals surface area contributed by atoms with Gasteiger partial charge in [0.1, 0.15) is 0 Å². The Kier molecular flexibility index (Phi) is 5.11. The molecule has 1 atom stereocenters. The third-order valence-corrected chi connectivity index (χ3v) is 4.53. The van der Waals surface area contributed by atoms with Crippen molar-refractivity contribution >= 4 is 11.6 Å². The molecule has 0 radical (unpaired) electrons. The number of aliphatic hydroxyl groups is 1. The predicted molar refractivity (Wildman–Crippen MR) is 90.0 cm³/mol. The molecule has 0 amide bonds. The topological polar surface area (TPSA) is 26.7 Å². The van der Waals surface area contributed by atoms with Crippen LogP contribution in [-0.2, 0) is 0 Å². The van der Waals surface area contributed by atoms with Gasteiger partial charge in [0.15, 0.2) is 0 Å². The van der Waals surface area contributed by atoms with Gasteiger partial charge in [0.05, 0.1) is 12.8 Å². The number of benzene rings is 2. The van der Waals surface area contributed by atoms with Crippen LogP contribution in [0.4, 0.5) is 0 Å². The summed E-state index contributed by atoms with van der Waals surface area (Å²) in [6, 6.07) is 18.9. The highest BCUT2D eigenvalue weighted by atomic mass is 35.5. The van der Waals surface area contributed by atoms with Crippen molar-refractivity contribution in [2.75, 3.05) is 32.9 Å². The van der Waals surface area contributed by atoms with Gasteiger partial charge >= 0.3 is 0 Å². The molecule has 1 saturated heterocycles. The summed E-state index contributed by atoms with van der Waals surface area (Å²) >= 11 is 6.04. The van der Waals surface area contributed by atoms with Crippen LogP contribution in [0, 0.1) is 0 Å². The SMILES string of the molecule is OCN1CCN(C(c2ccccc2)c2ccc(Cl)cc2)CC1. The Morgan fingerprint density at radius 1 is 0.864 bits per heavy atom. The van der Waals surface area contributed by atoms with E-state index >= 15 is 0 Å². The number of hydrogen-bond acceptors (Lipinski definition) is 3. The van der Waals surface area contributed by atoms with Gasteiger partial charge in [-0.05, 0) is 23.3 Å². The average Bonchev–Trinajstić information content (AvgIpc) is 2.58. The normalized spacial score (nSPS) is 18.3. The van der Waals surface area contributed by atoms with Crippen molar-refractivity contribution in [2.45, 2.75) is 6.04 Å². The van der Waals surface area contributed by atoms with Crippen molar-refractivity contribution in [3.05, 3.63) is 70.7 Å². The second kappa shape index (κ2) is 7.25. The summed E-state index contributed by atoms with van der Waals surface area (Å²) in [6.45, 7) is 3.83. The Bertz CT molecular complexity index is 580. The molecule has 0 aliphatic carbocycles. The lowest BCUT2D eigenvalue weighted by Crippen LogP contribution is -2.48. The van der Waals surface area contributed by atoms with Gasteiger partial charge in [-0.3, -0.25) is 9.80 Å². The molecule has 3 rings (SSSR count). The summed E-state index contributed by atoms with van der Waals surface area (Å²) < 4.78 is 0. The molecule has 22 heavy (non-hydrogen) atoms. The third-order valence-electron chi connectivity index (χ3n) is 4.27. The van der Waals surface area contributed by atoms with Crippen LogP contribution < -0.4 is 0 Å². The van der Waals surface area contributed by atoms with Crippen LogP contribution in [0.1, 0.15) is 17.2 Å². The highest BCUT2D eigenvalue weighted by molar-refractivity contribution is 6.30. The van der Waals surface area contributed by atoms with Crippen LogP contribution >= 0.6 is 11.6 Å². The zero-order valence-electron chi connectivity index (χ0n) is 12.5. The van der Waals surface area contributed by atoms with Crippen LogP contribution in [0.15, 0.2) is 54.6 Å². The van der Waals surface area contributed by atoms with E-state index in [1.54, 1.807) is 0 Å². The van der Waals surface area contributed by atoms with Gasteiger partial charge < -0.3 is 5.11 Å². The van der Waals surface area contributed by atoms with E-state index < -0.39 is 0 Å². The molecule has 4 heteroatoms. The second-order valence-corrected chi connectivity index (χ2v) is 6.10. The summed E-state index contributed by atoms with van der Waals surface area (Å²) in [7, 11) is 0. The molecule has 0 bridgehead atoms. The molecule has 1 aliphatic rings. The Morgan fingerprint density at radius 2 is 1.45 bits per heavy atom. The van der Waals surface area contributed by atoms with Crippen LogP contribution in [0.3, 0.4) is 0 Å². The molecule has 2 aromatic carbocycles. The van der Waals surface area contributed by atoms with E-state index in [9.17, 15) is 5.11 Å². The van der Waals surface area contributed by atoms with Gasteiger partial charge in [-0.15, -0.1) is 0 Å². The van der Waals surface area contributed by atoms with E-state index in [0.717, 1.165) is 31.2 Å². The maximum absolute atomic E-state index is 9.27. The van der Waals surface area contributed by atoms with Crippen molar-refractivity contribution in [3.8, 4) is 0 Å². The monoisotopic (exact) mass is 316 g/mol. The number of halogens is 1. The van der Waals surface area contributed by atoms with Crippen molar-refractivity contribution < 1.29 is 5.11 Å². The van der Waals surface area contributed by atoms with Gasteiger partial charge in [0, 0.05) is 31.2 Å². The molecule has 2 aromatic rings. The molecular weight excluding hydrogens is 296 g/mol. The fraction of sp³-hybridized carbons (Fsp3) is 0.333. The Hall–Kier alpha value is -1.39. The van der Waals surface area contributed by atoms with Crippen molar-refractivity contribution in [3.63, 3.8) is 0 Å². The number of piperazine rings is 1. The maximum atomic E-state index is 9.27. The van der Waals surface area contributed by atoms with Crippen LogP contribution in [0.25, 0.3) is 0 Å². The molecule has 0 aromatic heterocycles. The quantitative estimate of drug-likeness (QED) is 0.939. The first-order valence-corrected chi connectivity index (χ1v) is 8.03. The van der Waals surface area contributed by atoms with Gasteiger partial charge in [-0.25, -0.2) is 0 Å². The molecule has 1 unspecified atom stereocenters. The lowest BCUT2D eigenvalue weighted by Gasteiger charge is -2.39. The fourth-order valence-corrected chi connectivity index (χ4v) is 3.18. The minimum Gasteiger partial charge on any atom is -0.381 e. The molecular formula is C18H21ClN2O. The maximum Gasteiger partial charge on any atom is 0.0957 e. The lowest BCUT2D eigenvalue weighted by atomic mass is 9.96. The summed E-state index contributed by atoms with van der Waals surface area (Å²) in [5.74, 6) is 0. The lowest BCUT2D eigenvalue weighted by molar-refractivity contribution is 0.0439. The van der Waals surface area contributed by atoms with E-state index in [2.05, 4.69) is 46.2 Å². The average molecular weight is 317 g/mol. The zero-order chi connectivity index (χ0) is 15.4. The number of hydrogen-bond donors (Lipinski definition) is 1. The number of aliphatic hydroxyl groups excluding tert-OH is 1. The zero-order valence-corrected chi connectivity index (χ0v) is 13.3. The fourth-order valence-electron chi connectivity index (χ4n) is 3.06. The Labute approximate surface area is 136 Å². The van der Waals surface area contributed by atoms with Gasteiger partial charge in [-0.1, -0.05) is 54.1 Å². The van der Waals surface area contributed by atoms with Crippen molar-refractivity contribution in [2.24, 2.45) is 0 Å². The van der Waals surface area contributed by atoms with E-state index in [1.165, 1.54) is 11.1 Å². The van der Waals surface area contributed by atoms with Crippen LogP contribution in [0.5, 0.6) is 0 Å². The van der Waals surface area contributed by atoms with Crippen LogP contribution in [0.2, 0.25) is 5.02 Å². The minimum atomic E-state index is 0.144. The molecule has 1 heterocycles. The van der Waals surface area contributed by atoms with E-state index in [1.807, 2.05) is 18.2 Å². The van der Waals surface area contributed by atoms with Gasteiger partial charge in [-0.2, -0.15) is 0 Å². The molecule has 1 fully saturated rings. The molecule has 0 spiro atoms. The van der Waals surface area contributed by atoms with Crippen LogP contribution in [-0.4, -0.2) is 47.8 Å². The largest absolute Gasteiger partial charge is 0.381 e. The van der Waals surface area contributed by atoms with E-state index in [4.69, 9.17) is 11.6 Å². The summed E-state index contributed by atoms with van der Waals surface area (Å²) in [5.41, 5.74) is 2.55. The molecule has 3 nitrogen and oxygen atoms in total.